The van der Waals surface area contributed by atoms with Gasteiger partial charge in [0.1, 0.15) is 4.88 Å². The number of rotatable bonds is 3. The first-order valence-corrected chi connectivity index (χ1v) is 5.55. The first-order chi connectivity index (χ1) is 8.16. The highest BCUT2D eigenvalue weighted by Gasteiger charge is 2.11. The highest BCUT2D eigenvalue weighted by atomic mass is 32.1. The van der Waals surface area contributed by atoms with Crippen LogP contribution < -0.4 is 5.43 Å². The molecule has 0 unspecified atom stereocenters. The Bertz CT molecular complexity index is 557. The summed E-state index contributed by atoms with van der Waals surface area (Å²) in [5.74, 6) is -0.308. The maximum absolute atomic E-state index is 11.6. The average Bonchev–Trinajstić information content (AvgIpc) is 2.87. The lowest BCUT2D eigenvalue weighted by Crippen LogP contribution is -2.17. The molecule has 17 heavy (non-hydrogen) atoms. The van der Waals surface area contributed by atoms with Crippen molar-refractivity contribution in [3.05, 3.63) is 28.5 Å². The van der Waals surface area contributed by atoms with E-state index in [0.29, 0.717) is 10.6 Å². The number of aryl methyl sites for hydroxylation is 2. The van der Waals surface area contributed by atoms with Crippen LogP contribution in [0.5, 0.6) is 0 Å². The van der Waals surface area contributed by atoms with E-state index in [1.54, 1.807) is 24.0 Å². The molecule has 0 aliphatic heterocycles. The molecule has 0 saturated carbocycles. The molecule has 0 aliphatic carbocycles. The third kappa shape index (κ3) is 2.72. The quantitative estimate of drug-likeness (QED) is 0.629. The molecule has 0 aromatic carbocycles. The lowest BCUT2D eigenvalue weighted by atomic mass is 10.4. The van der Waals surface area contributed by atoms with Crippen LogP contribution in [0, 0.1) is 6.92 Å². The van der Waals surface area contributed by atoms with E-state index in [1.165, 1.54) is 6.21 Å². The first-order valence-electron chi connectivity index (χ1n) is 4.78. The molecule has 0 fully saturated rings. The summed E-state index contributed by atoms with van der Waals surface area (Å²) in [4.78, 5) is 12.1. The fourth-order valence-electron chi connectivity index (χ4n) is 1.16. The molecule has 2 heterocycles. The Hall–Kier alpha value is -2.09. The van der Waals surface area contributed by atoms with Gasteiger partial charge in [-0.2, -0.15) is 10.2 Å². The van der Waals surface area contributed by atoms with Gasteiger partial charge in [0.05, 0.1) is 18.1 Å². The summed E-state index contributed by atoms with van der Waals surface area (Å²) in [6.07, 6.45) is 4.96. The van der Waals surface area contributed by atoms with Gasteiger partial charge in [0.15, 0.2) is 0 Å². The Kier molecular flexibility index (Phi) is 3.24. The summed E-state index contributed by atoms with van der Waals surface area (Å²) >= 11 is 1.04. The topological polar surface area (TPSA) is 85.1 Å². The molecule has 0 saturated heterocycles. The van der Waals surface area contributed by atoms with Crippen molar-refractivity contribution in [1.29, 1.82) is 0 Å². The normalized spacial score (nSPS) is 10.9. The molecule has 0 atom stereocenters. The predicted molar refractivity (Wildman–Crippen MR) is 62.9 cm³/mol. The van der Waals surface area contributed by atoms with E-state index >= 15 is 0 Å². The summed E-state index contributed by atoms with van der Waals surface area (Å²) in [7, 11) is 1.81. The largest absolute Gasteiger partial charge is 0.285 e. The summed E-state index contributed by atoms with van der Waals surface area (Å²) in [6, 6.07) is 0. The molecule has 0 radical (unpaired) electrons. The summed E-state index contributed by atoms with van der Waals surface area (Å²) < 4.78 is 5.33. The number of hydrogen-bond acceptors (Lipinski definition) is 6. The number of nitrogens with one attached hydrogen (secondary N) is 1. The van der Waals surface area contributed by atoms with Gasteiger partial charge in [-0.05, 0) is 18.5 Å². The van der Waals surface area contributed by atoms with Crippen LogP contribution in [0.2, 0.25) is 0 Å². The van der Waals surface area contributed by atoms with Crippen molar-refractivity contribution < 1.29 is 4.79 Å². The van der Waals surface area contributed by atoms with Gasteiger partial charge >= 0.3 is 0 Å². The molecule has 88 valence electrons. The van der Waals surface area contributed by atoms with Gasteiger partial charge in [0.2, 0.25) is 0 Å². The third-order valence-corrected chi connectivity index (χ3v) is 2.79. The summed E-state index contributed by atoms with van der Waals surface area (Å²) in [6.45, 7) is 1.73. The Morgan fingerprint density at radius 3 is 3.06 bits per heavy atom. The molecular formula is C9H10N6OS. The van der Waals surface area contributed by atoms with E-state index in [0.717, 1.165) is 17.1 Å². The van der Waals surface area contributed by atoms with Gasteiger partial charge in [-0.25, -0.2) is 5.43 Å². The molecule has 1 N–H and O–H groups in total. The van der Waals surface area contributed by atoms with Crippen molar-refractivity contribution in [3.63, 3.8) is 0 Å². The van der Waals surface area contributed by atoms with E-state index < -0.39 is 0 Å². The second-order valence-electron chi connectivity index (χ2n) is 3.33. The average molecular weight is 250 g/mol. The van der Waals surface area contributed by atoms with E-state index in [9.17, 15) is 4.79 Å². The van der Waals surface area contributed by atoms with Crippen molar-refractivity contribution in [3.8, 4) is 0 Å². The van der Waals surface area contributed by atoms with Crippen LogP contribution in [0.1, 0.15) is 20.9 Å². The highest BCUT2D eigenvalue weighted by Crippen LogP contribution is 2.08. The Morgan fingerprint density at radius 2 is 2.47 bits per heavy atom. The predicted octanol–water partition coefficient (Wildman–Crippen LogP) is 0.344. The molecule has 1 amide bonds. The molecule has 0 aliphatic rings. The smallest absolute Gasteiger partial charge is 0.275 e. The minimum Gasteiger partial charge on any atom is -0.275 e. The maximum Gasteiger partial charge on any atom is 0.285 e. The number of hydrogen-bond donors (Lipinski definition) is 1. The van der Waals surface area contributed by atoms with E-state index in [-0.39, 0.29) is 5.91 Å². The van der Waals surface area contributed by atoms with Crippen molar-refractivity contribution in [2.24, 2.45) is 12.1 Å². The van der Waals surface area contributed by atoms with Crippen molar-refractivity contribution in [2.45, 2.75) is 6.92 Å². The zero-order valence-electron chi connectivity index (χ0n) is 9.28. The lowest BCUT2D eigenvalue weighted by molar-refractivity contribution is 0.0958. The molecule has 2 rings (SSSR count). The van der Waals surface area contributed by atoms with Crippen LogP contribution in [0.3, 0.4) is 0 Å². The lowest BCUT2D eigenvalue weighted by Gasteiger charge is -1.94. The van der Waals surface area contributed by atoms with Gasteiger partial charge in [0, 0.05) is 18.8 Å². The molecular weight excluding hydrogens is 240 g/mol. The summed E-state index contributed by atoms with van der Waals surface area (Å²) in [5, 5.41) is 11.5. The number of carbonyl (C=O) groups is 1. The molecule has 0 bridgehead atoms. The van der Waals surface area contributed by atoms with E-state index in [4.69, 9.17) is 0 Å². The number of hydrazone groups is 1. The molecule has 2 aromatic heterocycles. The van der Waals surface area contributed by atoms with Crippen LogP contribution in [0.15, 0.2) is 17.5 Å². The number of carbonyl (C=O) groups excluding carboxylic acids is 1. The van der Waals surface area contributed by atoms with Gasteiger partial charge in [-0.3, -0.25) is 9.48 Å². The SMILES string of the molecule is Cc1nnsc1C(=O)N/N=C/c1cnn(C)c1. The van der Waals surface area contributed by atoms with Gasteiger partial charge in [-0.15, -0.1) is 5.10 Å². The maximum atomic E-state index is 11.6. The fraction of sp³-hybridized carbons (Fsp3) is 0.222. The van der Waals surface area contributed by atoms with Crippen molar-refractivity contribution >= 4 is 23.7 Å². The molecule has 2 aromatic rings. The summed E-state index contributed by atoms with van der Waals surface area (Å²) in [5.41, 5.74) is 3.82. The fourth-order valence-corrected chi connectivity index (χ4v) is 1.71. The van der Waals surface area contributed by atoms with Gasteiger partial charge in [0.25, 0.3) is 5.91 Å². The van der Waals surface area contributed by atoms with Gasteiger partial charge in [-0.1, -0.05) is 4.49 Å². The number of aromatic nitrogens is 4. The van der Waals surface area contributed by atoms with Crippen LogP contribution in [-0.2, 0) is 7.05 Å². The zero-order chi connectivity index (χ0) is 12.3. The second-order valence-corrected chi connectivity index (χ2v) is 4.09. The Labute approximate surface area is 101 Å². The Morgan fingerprint density at radius 1 is 1.65 bits per heavy atom. The van der Waals surface area contributed by atoms with Crippen LogP contribution in [0.25, 0.3) is 0 Å². The van der Waals surface area contributed by atoms with E-state index in [1.807, 2.05) is 7.05 Å². The Balaban J connectivity index is 1.97. The number of nitrogens with zero attached hydrogens (tertiary/aromatic N) is 5. The molecule has 8 heteroatoms. The monoisotopic (exact) mass is 250 g/mol. The first kappa shape index (κ1) is 11.4. The van der Waals surface area contributed by atoms with Crippen LogP contribution in [0.4, 0.5) is 0 Å². The zero-order valence-corrected chi connectivity index (χ0v) is 10.1. The highest BCUT2D eigenvalue weighted by molar-refractivity contribution is 7.07. The van der Waals surface area contributed by atoms with Crippen molar-refractivity contribution in [1.82, 2.24) is 24.8 Å². The standard InChI is InChI=1S/C9H10N6OS/c1-6-8(17-14-12-6)9(16)13-10-3-7-4-11-15(2)5-7/h3-5H,1-2H3,(H,13,16)/b10-3+. The van der Waals surface area contributed by atoms with Crippen molar-refractivity contribution in [2.75, 3.05) is 0 Å². The van der Waals surface area contributed by atoms with Crippen LogP contribution >= 0.6 is 11.5 Å². The van der Waals surface area contributed by atoms with Gasteiger partial charge < -0.3 is 0 Å². The minimum absolute atomic E-state index is 0.308. The molecule has 0 spiro atoms. The third-order valence-electron chi connectivity index (χ3n) is 1.96. The second kappa shape index (κ2) is 4.83. The van der Waals surface area contributed by atoms with Crippen LogP contribution in [-0.4, -0.2) is 31.5 Å². The molecule has 7 nitrogen and oxygen atoms in total. The van der Waals surface area contributed by atoms with E-state index in [2.05, 4.69) is 25.2 Å². The number of amides is 1. The minimum atomic E-state index is -0.308.